The second-order valence-corrected chi connectivity index (χ2v) is 3.30. The quantitative estimate of drug-likeness (QED) is 0.523. The van der Waals surface area contributed by atoms with Crippen molar-refractivity contribution >= 4 is 5.91 Å². The van der Waals surface area contributed by atoms with Crippen molar-refractivity contribution in [2.24, 2.45) is 5.92 Å². The summed E-state index contributed by atoms with van der Waals surface area (Å²) in [6, 6.07) is 0. The molecule has 0 bridgehead atoms. The Labute approximate surface area is 80.2 Å². The number of nitrogens with one attached hydrogen (secondary N) is 1. The number of carbonyl (C=O) groups excluding carboxylic acids is 1. The highest BCUT2D eigenvalue weighted by molar-refractivity contribution is 5.92. The maximum Gasteiger partial charge on any atom is 0.248 e. The number of amides is 1. The van der Waals surface area contributed by atoms with Crippen molar-refractivity contribution in [2.45, 2.75) is 33.4 Å². The first kappa shape index (κ1) is 12.2. The molecule has 2 unspecified atom stereocenters. The summed E-state index contributed by atoms with van der Waals surface area (Å²) in [6.45, 7) is 9.33. The van der Waals surface area contributed by atoms with E-state index in [0.717, 1.165) is 6.42 Å². The summed E-state index contributed by atoms with van der Waals surface area (Å²) in [5, 5.41) is 2.76. The van der Waals surface area contributed by atoms with Crippen LogP contribution in [-0.2, 0) is 9.53 Å². The summed E-state index contributed by atoms with van der Waals surface area (Å²) in [7, 11) is 1.59. The molecule has 0 aliphatic carbocycles. The Morgan fingerprint density at radius 2 is 2.15 bits per heavy atom. The highest BCUT2D eigenvalue weighted by Crippen LogP contribution is 2.08. The van der Waals surface area contributed by atoms with Gasteiger partial charge in [0, 0.05) is 18.6 Å². The Kier molecular flexibility index (Phi) is 5.39. The van der Waals surface area contributed by atoms with Gasteiger partial charge in [-0.05, 0) is 13.3 Å². The second kappa shape index (κ2) is 5.75. The normalized spacial score (nSPS) is 14.8. The topological polar surface area (TPSA) is 38.3 Å². The summed E-state index contributed by atoms with van der Waals surface area (Å²) < 4.78 is 5.15. The Hall–Kier alpha value is -0.830. The molecule has 0 aromatic rings. The van der Waals surface area contributed by atoms with Crippen molar-refractivity contribution in [2.75, 3.05) is 7.11 Å². The fourth-order valence-corrected chi connectivity index (χ4v) is 0.900. The third-order valence-electron chi connectivity index (χ3n) is 2.08. The van der Waals surface area contributed by atoms with Crippen molar-refractivity contribution < 1.29 is 9.53 Å². The average Bonchev–Trinajstić information content (AvgIpc) is 2.12. The molecule has 1 N–H and O–H groups in total. The monoisotopic (exact) mass is 185 g/mol. The van der Waals surface area contributed by atoms with Crippen LogP contribution in [0.3, 0.4) is 0 Å². The smallest absolute Gasteiger partial charge is 0.248 e. The molecule has 0 saturated heterocycles. The van der Waals surface area contributed by atoms with E-state index in [2.05, 4.69) is 18.8 Å². The average molecular weight is 185 g/mol. The van der Waals surface area contributed by atoms with Crippen LogP contribution < -0.4 is 5.32 Å². The summed E-state index contributed by atoms with van der Waals surface area (Å²) >= 11 is 0. The van der Waals surface area contributed by atoms with Crippen LogP contribution in [0.4, 0.5) is 0 Å². The van der Waals surface area contributed by atoms with Crippen LogP contribution in [0.1, 0.15) is 27.2 Å². The molecule has 1 amide bonds. The summed E-state index contributed by atoms with van der Waals surface area (Å²) in [4.78, 5) is 11.2. The van der Waals surface area contributed by atoms with E-state index in [0.29, 0.717) is 11.5 Å². The van der Waals surface area contributed by atoms with Crippen LogP contribution in [0.2, 0.25) is 0 Å². The van der Waals surface area contributed by atoms with Crippen LogP contribution in [-0.4, -0.2) is 19.2 Å². The molecule has 0 saturated carbocycles. The van der Waals surface area contributed by atoms with E-state index >= 15 is 0 Å². The van der Waals surface area contributed by atoms with E-state index in [9.17, 15) is 4.79 Å². The van der Waals surface area contributed by atoms with Crippen molar-refractivity contribution in [3.8, 4) is 0 Å². The molecule has 13 heavy (non-hydrogen) atoms. The third-order valence-corrected chi connectivity index (χ3v) is 2.08. The van der Waals surface area contributed by atoms with Gasteiger partial charge in [-0.3, -0.25) is 4.79 Å². The largest absolute Gasteiger partial charge is 0.361 e. The molecule has 0 heterocycles. The number of ether oxygens (including phenoxy) is 1. The summed E-state index contributed by atoms with van der Waals surface area (Å²) in [5.41, 5.74) is 0.505. The minimum atomic E-state index is -0.214. The fourth-order valence-electron chi connectivity index (χ4n) is 0.900. The van der Waals surface area contributed by atoms with Gasteiger partial charge in [-0.1, -0.05) is 20.4 Å². The summed E-state index contributed by atoms with van der Waals surface area (Å²) in [5.74, 6) is 0.167. The number of rotatable bonds is 5. The molecule has 0 rings (SSSR count). The van der Waals surface area contributed by atoms with E-state index in [1.165, 1.54) is 0 Å². The van der Waals surface area contributed by atoms with E-state index in [1.807, 2.05) is 6.92 Å². The lowest BCUT2D eigenvalue weighted by molar-refractivity contribution is -0.122. The highest BCUT2D eigenvalue weighted by Gasteiger charge is 2.17. The standard InChI is InChI=1S/C10H19NO2/c1-6-8(4)10(13-5)11-9(12)7(2)3/h8,10H,2,6H2,1,3-5H3,(H,11,12). The van der Waals surface area contributed by atoms with Crippen LogP contribution in [0, 0.1) is 5.92 Å². The van der Waals surface area contributed by atoms with Crippen LogP contribution in [0.15, 0.2) is 12.2 Å². The predicted octanol–water partition coefficient (Wildman–Crippen LogP) is 1.70. The zero-order chi connectivity index (χ0) is 10.4. The summed E-state index contributed by atoms with van der Waals surface area (Å²) in [6.07, 6.45) is 0.754. The van der Waals surface area contributed by atoms with Gasteiger partial charge in [-0.25, -0.2) is 0 Å². The van der Waals surface area contributed by atoms with Crippen molar-refractivity contribution in [1.29, 1.82) is 0 Å². The zero-order valence-electron chi connectivity index (χ0n) is 8.89. The Morgan fingerprint density at radius 1 is 1.62 bits per heavy atom. The van der Waals surface area contributed by atoms with Gasteiger partial charge in [0.15, 0.2) is 0 Å². The maximum absolute atomic E-state index is 11.2. The Balaban J connectivity index is 4.12. The van der Waals surface area contributed by atoms with Gasteiger partial charge in [0.05, 0.1) is 0 Å². The molecule has 3 nitrogen and oxygen atoms in total. The lowest BCUT2D eigenvalue weighted by Gasteiger charge is -2.22. The molecule has 0 radical (unpaired) electrons. The molecule has 0 aliphatic rings. The van der Waals surface area contributed by atoms with E-state index in [-0.39, 0.29) is 12.1 Å². The fraction of sp³-hybridized carbons (Fsp3) is 0.700. The highest BCUT2D eigenvalue weighted by atomic mass is 16.5. The first-order chi connectivity index (χ1) is 6.02. The van der Waals surface area contributed by atoms with Crippen LogP contribution in [0.25, 0.3) is 0 Å². The minimum absolute atomic E-state index is 0.146. The van der Waals surface area contributed by atoms with E-state index in [1.54, 1.807) is 14.0 Å². The lowest BCUT2D eigenvalue weighted by atomic mass is 10.1. The molecular formula is C10H19NO2. The number of methoxy groups -OCH3 is 1. The molecule has 76 valence electrons. The molecule has 0 fully saturated rings. The van der Waals surface area contributed by atoms with Gasteiger partial charge in [0.1, 0.15) is 6.23 Å². The molecule has 0 aliphatic heterocycles. The lowest BCUT2D eigenvalue weighted by Crippen LogP contribution is -2.40. The first-order valence-electron chi connectivity index (χ1n) is 4.52. The molecule has 0 aromatic carbocycles. The van der Waals surface area contributed by atoms with Gasteiger partial charge in [-0.2, -0.15) is 0 Å². The Morgan fingerprint density at radius 3 is 2.46 bits per heavy atom. The number of hydrogen-bond acceptors (Lipinski definition) is 2. The number of hydrogen-bond donors (Lipinski definition) is 1. The SMILES string of the molecule is C=C(C)C(=O)NC(OC)C(C)CC. The number of carbonyl (C=O) groups is 1. The Bertz CT molecular complexity index is 189. The van der Waals surface area contributed by atoms with E-state index in [4.69, 9.17) is 4.74 Å². The van der Waals surface area contributed by atoms with Gasteiger partial charge >= 0.3 is 0 Å². The first-order valence-corrected chi connectivity index (χ1v) is 4.52. The zero-order valence-corrected chi connectivity index (χ0v) is 8.89. The molecule has 0 aromatic heterocycles. The third kappa shape index (κ3) is 4.08. The van der Waals surface area contributed by atoms with Crippen molar-refractivity contribution in [3.63, 3.8) is 0 Å². The second-order valence-electron chi connectivity index (χ2n) is 3.30. The van der Waals surface area contributed by atoms with Gasteiger partial charge in [0.25, 0.3) is 0 Å². The molecule has 0 spiro atoms. The molecular weight excluding hydrogens is 166 g/mol. The van der Waals surface area contributed by atoms with Crippen LogP contribution in [0.5, 0.6) is 0 Å². The molecule has 3 heteroatoms. The van der Waals surface area contributed by atoms with Crippen molar-refractivity contribution in [3.05, 3.63) is 12.2 Å². The van der Waals surface area contributed by atoms with Crippen LogP contribution >= 0.6 is 0 Å². The van der Waals surface area contributed by atoms with E-state index < -0.39 is 0 Å². The predicted molar refractivity (Wildman–Crippen MR) is 53.2 cm³/mol. The molecule has 2 atom stereocenters. The van der Waals surface area contributed by atoms with Gasteiger partial charge in [0.2, 0.25) is 5.91 Å². The van der Waals surface area contributed by atoms with Crippen molar-refractivity contribution in [1.82, 2.24) is 5.32 Å². The minimum Gasteiger partial charge on any atom is -0.361 e. The van der Waals surface area contributed by atoms with Gasteiger partial charge in [-0.15, -0.1) is 0 Å². The van der Waals surface area contributed by atoms with Gasteiger partial charge < -0.3 is 10.1 Å². The maximum atomic E-state index is 11.2.